The van der Waals surface area contributed by atoms with Crippen molar-refractivity contribution in [1.82, 2.24) is 0 Å². The number of hydrogen-bond donors (Lipinski definition) is 0. The predicted octanol–water partition coefficient (Wildman–Crippen LogP) is 5.25. The fourth-order valence-corrected chi connectivity index (χ4v) is 1.45. The largest absolute Gasteiger partial charge is 0.486 e. The van der Waals surface area contributed by atoms with Gasteiger partial charge in [-0.1, -0.05) is 66.9 Å². The van der Waals surface area contributed by atoms with Crippen molar-refractivity contribution in [2.45, 2.75) is 41.5 Å². The number of ether oxygens (including phenoxy) is 2. The van der Waals surface area contributed by atoms with Crippen LogP contribution >= 0.6 is 0 Å². The van der Waals surface area contributed by atoms with Crippen LogP contribution in [0, 0.1) is 10.8 Å². The Morgan fingerprint density at radius 2 is 1.05 bits per heavy atom. The lowest BCUT2D eigenvalue weighted by Crippen LogP contribution is -2.11. The number of hydrogen-bond acceptors (Lipinski definition) is 2. The molecule has 0 radical (unpaired) electrons. The van der Waals surface area contributed by atoms with Crippen molar-refractivity contribution in [2.75, 3.05) is 13.2 Å². The van der Waals surface area contributed by atoms with E-state index in [0.717, 1.165) is 11.5 Å². The minimum Gasteiger partial charge on any atom is -0.486 e. The van der Waals surface area contributed by atoms with E-state index < -0.39 is 0 Å². The lowest BCUT2D eigenvalue weighted by molar-refractivity contribution is 0.174. The van der Waals surface area contributed by atoms with E-state index in [1.54, 1.807) is 12.2 Å². The lowest BCUT2D eigenvalue weighted by atomic mass is 9.92. The first-order valence-electron chi connectivity index (χ1n) is 7.02. The third-order valence-corrected chi connectivity index (χ3v) is 2.08. The summed E-state index contributed by atoms with van der Waals surface area (Å²) in [5.41, 5.74) is 0.00995. The summed E-state index contributed by atoms with van der Waals surface area (Å²) in [5, 5.41) is 0. The molecule has 0 bridgehead atoms. The smallest absolute Gasteiger partial charge is 0.157 e. The van der Waals surface area contributed by atoms with E-state index >= 15 is 0 Å². The van der Waals surface area contributed by atoms with Crippen LogP contribution in [-0.2, 0) is 9.47 Å². The second-order valence-corrected chi connectivity index (χ2v) is 6.95. The van der Waals surface area contributed by atoms with Crippen LogP contribution in [0.3, 0.4) is 0 Å². The summed E-state index contributed by atoms with van der Waals surface area (Å²) < 4.78 is 11.6. The zero-order chi connectivity index (χ0) is 15.8. The second kappa shape index (κ2) is 7.98. The Balaban J connectivity index is 5.50. The van der Waals surface area contributed by atoms with Gasteiger partial charge in [-0.25, -0.2) is 0 Å². The van der Waals surface area contributed by atoms with Crippen LogP contribution in [0.15, 0.2) is 49.0 Å². The zero-order valence-corrected chi connectivity index (χ0v) is 14.0. The van der Waals surface area contributed by atoms with Gasteiger partial charge in [0.25, 0.3) is 0 Å². The van der Waals surface area contributed by atoms with Gasteiger partial charge in [-0.15, -0.1) is 0 Å². The highest BCUT2D eigenvalue weighted by Crippen LogP contribution is 2.27. The molecule has 0 unspecified atom stereocenters. The molecule has 0 aliphatic carbocycles. The SMILES string of the molecule is C=CCOC(=C/C(C)(C)C)/C(=C\C(C)(C)C)OCC=C. The molecule has 0 saturated carbocycles. The molecule has 0 fully saturated rings. The Labute approximate surface area is 124 Å². The molecule has 0 saturated heterocycles. The fourth-order valence-electron chi connectivity index (χ4n) is 1.45. The molecule has 20 heavy (non-hydrogen) atoms. The topological polar surface area (TPSA) is 18.5 Å². The Morgan fingerprint density at radius 1 is 0.750 bits per heavy atom. The van der Waals surface area contributed by atoms with Gasteiger partial charge < -0.3 is 9.47 Å². The predicted molar refractivity (Wildman–Crippen MR) is 87.4 cm³/mol. The van der Waals surface area contributed by atoms with Crippen LogP contribution in [0.4, 0.5) is 0 Å². The van der Waals surface area contributed by atoms with Crippen LogP contribution in [-0.4, -0.2) is 13.2 Å². The molecule has 0 rings (SSSR count). The Bertz CT molecular complexity index is 335. The average molecular weight is 278 g/mol. The quantitative estimate of drug-likeness (QED) is 0.359. The van der Waals surface area contributed by atoms with Gasteiger partial charge in [0.2, 0.25) is 0 Å². The minimum atomic E-state index is 0.00498. The van der Waals surface area contributed by atoms with Gasteiger partial charge in [0.1, 0.15) is 13.2 Å². The monoisotopic (exact) mass is 278 g/mol. The highest BCUT2D eigenvalue weighted by molar-refractivity contribution is 5.24. The molecule has 0 N–H and O–H groups in total. The van der Waals surface area contributed by atoms with Crippen LogP contribution in [0.1, 0.15) is 41.5 Å². The highest BCUT2D eigenvalue weighted by atomic mass is 16.5. The molecule has 114 valence electrons. The van der Waals surface area contributed by atoms with E-state index in [9.17, 15) is 0 Å². The maximum Gasteiger partial charge on any atom is 0.157 e. The maximum atomic E-state index is 5.79. The Kier molecular flexibility index (Phi) is 7.41. The van der Waals surface area contributed by atoms with Crippen LogP contribution < -0.4 is 0 Å². The molecule has 0 spiro atoms. The van der Waals surface area contributed by atoms with Gasteiger partial charge >= 0.3 is 0 Å². The molecule has 2 nitrogen and oxygen atoms in total. The Morgan fingerprint density at radius 3 is 1.25 bits per heavy atom. The van der Waals surface area contributed by atoms with Gasteiger partial charge in [-0.3, -0.25) is 0 Å². The van der Waals surface area contributed by atoms with E-state index in [2.05, 4.69) is 66.9 Å². The normalized spacial score (nSPS) is 13.9. The highest BCUT2D eigenvalue weighted by Gasteiger charge is 2.17. The van der Waals surface area contributed by atoms with Crippen LogP contribution in [0.5, 0.6) is 0 Å². The van der Waals surface area contributed by atoms with Crippen molar-refractivity contribution in [3.05, 3.63) is 49.0 Å². The molecule has 2 heteroatoms. The molecule has 0 aliphatic rings. The van der Waals surface area contributed by atoms with Crippen molar-refractivity contribution >= 4 is 0 Å². The first kappa shape index (κ1) is 18.6. The first-order chi connectivity index (χ1) is 9.09. The molecule has 0 aromatic heterocycles. The molecule has 0 aromatic carbocycles. The van der Waals surface area contributed by atoms with Gasteiger partial charge in [-0.2, -0.15) is 0 Å². The zero-order valence-electron chi connectivity index (χ0n) is 14.0. The van der Waals surface area contributed by atoms with E-state index in [-0.39, 0.29) is 10.8 Å². The molecule has 0 aromatic rings. The van der Waals surface area contributed by atoms with Gasteiger partial charge in [0.05, 0.1) is 0 Å². The van der Waals surface area contributed by atoms with Crippen molar-refractivity contribution in [3.8, 4) is 0 Å². The molecular formula is C18H30O2. The fraction of sp³-hybridized carbons (Fsp3) is 0.556. The van der Waals surface area contributed by atoms with Crippen LogP contribution in [0.2, 0.25) is 0 Å². The summed E-state index contributed by atoms with van der Waals surface area (Å²) in [4.78, 5) is 0. The van der Waals surface area contributed by atoms with Crippen molar-refractivity contribution in [3.63, 3.8) is 0 Å². The van der Waals surface area contributed by atoms with Gasteiger partial charge in [0.15, 0.2) is 11.5 Å². The third-order valence-electron chi connectivity index (χ3n) is 2.08. The summed E-state index contributed by atoms with van der Waals surface area (Å²) >= 11 is 0. The number of allylic oxidation sites excluding steroid dienone is 2. The number of rotatable bonds is 7. The first-order valence-corrected chi connectivity index (χ1v) is 7.02. The molecule has 0 aliphatic heterocycles. The third kappa shape index (κ3) is 9.48. The van der Waals surface area contributed by atoms with Crippen molar-refractivity contribution in [2.24, 2.45) is 10.8 Å². The summed E-state index contributed by atoms with van der Waals surface area (Å²) in [5.74, 6) is 1.52. The van der Waals surface area contributed by atoms with E-state index in [1.165, 1.54) is 0 Å². The van der Waals surface area contributed by atoms with Crippen molar-refractivity contribution in [1.29, 1.82) is 0 Å². The van der Waals surface area contributed by atoms with E-state index in [1.807, 2.05) is 0 Å². The molecule has 0 heterocycles. The summed E-state index contributed by atoms with van der Waals surface area (Å²) in [6, 6.07) is 0. The van der Waals surface area contributed by atoms with Crippen LogP contribution in [0.25, 0.3) is 0 Å². The standard InChI is InChI=1S/C18H30O2/c1-9-11-19-15(13-17(3,4)5)16(20-12-10-2)14-18(6,7)8/h9-10,13-14H,1-2,11-12H2,3-8H3/b15-13+,16-14+. The second-order valence-electron chi connectivity index (χ2n) is 6.95. The van der Waals surface area contributed by atoms with E-state index in [0.29, 0.717) is 13.2 Å². The minimum absolute atomic E-state index is 0.00498. The molecule has 0 atom stereocenters. The van der Waals surface area contributed by atoms with Gasteiger partial charge in [-0.05, 0) is 23.0 Å². The maximum absolute atomic E-state index is 5.79. The van der Waals surface area contributed by atoms with Gasteiger partial charge in [0, 0.05) is 0 Å². The lowest BCUT2D eigenvalue weighted by Gasteiger charge is -2.22. The van der Waals surface area contributed by atoms with E-state index in [4.69, 9.17) is 9.47 Å². The summed E-state index contributed by atoms with van der Waals surface area (Å²) in [6.45, 7) is 21.1. The van der Waals surface area contributed by atoms with Crippen molar-refractivity contribution < 1.29 is 9.47 Å². The average Bonchev–Trinajstić information content (AvgIpc) is 2.27. The summed E-state index contributed by atoms with van der Waals surface area (Å²) in [7, 11) is 0. The summed E-state index contributed by atoms with van der Waals surface area (Å²) in [6.07, 6.45) is 7.63. The molecule has 0 amide bonds. The molecular weight excluding hydrogens is 248 g/mol. The Hall–Kier alpha value is -1.44.